The third-order valence-electron chi connectivity index (χ3n) is 10.5. The van der Waals surface area contributed by atoms with Gasteiger partial charge in [-0.1, -0.05) is 62.8 Å². The molecular weight excluding hydrogens is 588 g/mol. The van der Waals surface area contributed by atoms with Crippen LogP contribution >= 0.6 is 0 Å². The lowest BCUT2D eigenvalue weighted by Gasteiger charge is -2.50. The van der Waals surface area contributed by atoms with E-state index in [-0.39, 0.29) is 36.9 Å². The summed E-state index contributed by atoms with van der Waals surface area (Å²) < 4.78 is 31.1. The van der Waals surface area contributed by atoms with Crippen LogP contribution in [0.25, 0.3) is 0 Å². The normalized spacial score (nSPS) is 40.4. The van der Waals surface area contributed by atoms with Crippen LogP contribution < -0.4 is 0 Å². The number of fused-ring (bicyclic) bond motifs is 2. The van der Waals surface area contributed by atoms with Crippen LogP contribution in [-0.2, 0) is 33.3 Å². The van der Waals surface area contributed by atoms with Gasteiger partial charge in [0.15, 0.2) is 5.79 Å². The van der Waals surface area contributed by atoms with Crippen LogP contribution in [0.15, 0.2) is 58.7 Å². The maximum Gasteiger partial charge on any atom is 0.333 e. The number of aliphatic hydroxyl groups excluding tert-OH is 1. The van der Waals surface area contributed by atoms with Crippen molar-refractivity contribution in [1.82, 2.24) is 0 Å². The molecule has 0 radical (unpaired) electrons. The van der Waals surface area contributed by atoms with E-state index in [1.165, 1.54) is 11.6 Å². The summed E-state index contributed by atoms with van der Waals surface area (Å²) >= 11 is 0. The summed E-state index contributed by atoms with van der Waals surface area (Å²) in [5, 5.41) is 23.7. The van der Waals surface area contributed by atoms with Crippen molar-refractivity contribution >= 4 is 11.9 Å². The molecule has 4 aliphatic heterocycles. The molecule has 4 heterocycles. The molecule has 3 saturated heterocycles. The van der Waals surface area contributed by atoms with Gasteiger partial charge in [-0.25, -0.2) is 4.79 Å². The largest absolute Gasteiger partial charge is 0.462 e. The quantitative estimate of drug-likeness (QED) is 0.236. The third-order valence-corrected chi connectivity index (χ3v) is 10.5. The van der Waals surface area contributed by atoms with E-state index in [0.29, 0.717) is 42.7 Å². The van der Waals surface area contributed by atoms with E-state index < -0.39 is 47.6 Å². The molecule has 254 valence electrons. The smallest absolute Gasteiger partial charge is 0.333 e. The van der Waals surface area contributed by atoms with Gasteiger partial charge in [-0.05, 0) is 69.4 Å². The van der Waals surface area contributed by atoms with Crippen molar-refractivity contribution in [2.75, 3.05) is 13.2 Å². The van der Waals surface area contributed by atoms with E-state index in [1.807, 2.05) is 6.08 Å². The second-order valence-electron chi connectivity index (χ2n) is 14.0. The van der Waals surface area contributed by atoms with E-state index in [4.69, 9.17) is 23.7 Å². The number of rotatable bonds is 4. The SMILES string of the molecule is CC=C(C)C(=O)OCC1=CC2C(=O)OC3CC(CC=C(C)CC(C)C=CC=C4COC(C1O)C42O)OC1(CCC(C)C(CC)O1)C3. The summed E-state index contributed by atoms with van der Waals surface area (Å²) in [5.74, 6) is -2.57. The van der Waals surface area contributed by atoms with Crippen LogP contribution in [-0.4, -0.2) is 77.3 Å². The Morgan fingerprint density at radius 1 is 1.22 bits per heavy atom. The van der Waals surface area contributed by atoms with Crippen LogP contribution in [0.4, 0.5) is 0 Å². The summed E-state index contributed by atoms with van der Waals surface area (Å²) in [6.45, 7) is 11.7. The molecule has 5 rings (SSSR count). The van der Waals surface area contributed by atoms with Gasteiger partial charge in [-0.3, -0.25) is 4.79 Å². The standard InChI is InChI=1S/C37H52O9/c1-7-24(5)34(39)43-20-26-17-30-35(40)44-29-18-28(45-36(19-29)15-14-25(6)31(8-2)46-36)13-12-23(4)16-22(3)10-9-11-27-21-42-33(32(26)38)37(27,30)41/h7,9-12,17,22,25,28-33,38,41H,8,13-16,18-21H2,1-6H3. The van der Waals surface area contributed by atoms with Crippen molar-refractivity contribution in [1.29, 1.82) is 0 Å². The van der Waals surface area contributed by atoms with Crippen LogP contribution in [0, 0.1) is 17.8 Å². The topological polar surface area (TPSA) is 121 Å². The lowest BCUT2D eigenvalue weighted by Crippen LogP contribution is -2.58. The lowest BCUT2D eigenvalue weighted by molar-refractivity contribution is -0.335. The van der Waals surface area contributed by atoms with Gasteiger partial charge in [0, 0.05) is 24.8 Å². The van der Waals surface area contributed by atoms with Crippen LogP contribution in [0.1, 0.15) is 86.5 Å². The Labute approximate surface area is 273 Å². The second-order valence-corrected chi connectivity index (χ2v) is 14.0. The van der Waals surface area contributed by atoms with Gasteiger partial charge in [0.25, 0.3) is 0 Å². The molecule has 46 heavy (non-hydrogen) atoms. The van der Waals surface area contributed by atoms with Gasteiger partial charge in [0.1, 0.15) is 36.4 Å². The fraction of sp³-hybridized carbons (Fsp3) is 0.676. The minimum absolute atomic E-state index is 0.0329. The van der Waals surface area contributed by atoms with Crippen molar-refractivity contribution in [2.24, 2.45) is 17.8 Å². The molecule has 10 atom stereocenters. The predicted molar refractivity (Wildman–Crippen MR) is 172 cm³/mol. The molecule has 0 saturated carbocycles. The van der Waals surface area contributed by atoms with Crippen LogP contribution in [0.2, 0.25) is 0 Å². The lowest BCUT2D eigenvalue weighted by atomic mass is 9.70. The highest BCUT2D eigenvalue weighted by molar-refractivity contribution is 5.87. The summed E-state index contributed by atoms with van der Waals surface area (Å²) in [6.07, 6.45) is 13.0. The number of ether oxygens (including phenoxy) is 5. The van der Waals surface area contributed by atoms with E-state index in [0.717, 1.165) is 19.3 Å². The van der Waals surface area contributed by atoms with Crippen molar-refractivity contribution in [2.45, 2.75) is 128 Å². The van der Waals surface area contributed by atoms with Crippen molar-refractivity contribution in [3.63, 3.8) is 0 Å². The molecule has 2 N–H and O–H groups in total. The molecule has 0 aromatic heterocycles. The highest BCUT2D eigenvalue weighted by Crippen LogP contribution is 2.47. The molecule has 3 fully saturated rings. The average Bonchev–Trinajstić information content (AvgIpc) is 3.36. The van der Waals surface area contributed by atoms with Crippen molar-refractivity contribution < 1.29 is 43.5 Å². The van der Waals surface area contributed by atoms with Gasteiger partial charge in [-0.2, -0.15) is 0 Å². The van der Waals surface area contributed by atoms with Gasteiger partial charge in [0.05, 0.1) is 18.8 Å². The highest BCUT2D eigenvalue weighted by Gasteiger charge is 2.60. The van der Waals surface area contributed by atoms with E-state index in [9.17, 15) is 19.8 Å². The zero-order valence-corrected chi connectivity index (χ0v) is 28.2. The third kappa shape index (κ3) is 7.14. The summed E-state index contributed by atoms with van der Waals surface area (Å²) in [4.78, 5) is 26.7. The number of hydrogen-bond donors (Lipinski definition) is 2. The number of hydrogen-bond acceptors (Lipinski definition) is 9. The minimum atomic E-state index is -1.85. The molecule has 9 nitrogen and oxygen atoms in total. The maximum atomic E-state index is 14.2. The zero-order chi connectivity index (χ0) is 33.2. The molecule has 10 unspecified atom stereocenters. The molecule has 0 amide bonds. The molecule has 1 spiro atoms. The molecular formula is C37H52O9. The van der Waals surface area contributed by atoms with Crippen LogP contribution in [0.5, 0.6) is 0 Å². The molecule has 5 aliphatic rings. The Balaban J connectivity index is 1.52. The summed E-state index contributed by atoms with van der Waals surface area (Å²) in [5.41, 5.74) is 0.587. The van der Waals surface area contributed by atoms with Gasteiger partial charge in [0.2, 0.25) is 0 Å². The van der Waals surface area contributed by atoms with Crippen LogP contribution in [0.3, 0.4) is 0 Å². The zero-order valence-electron chi connectivity index (χ0n) is 28.2. The Morgan fingerprint density at radius 2 is 2.00 bits per heavy atom. The molecule has 2 bridgehead atoms. The molecule has 1 aliphatic carbocycles. The monoisotopic (exact) mass is 640 g/mol. The number of allylic oxidation sites excluding steroid dienone is 5. The second kappa shape index (κ2) is 14.3. The Bertz CT molecular complexity index is 1310. The van der Waals surface area contributed by atoms with E-state index >= 15 is 0 Å². The fourth-order valence-electron chi connectivity index (χ4n) is 7.65. The van der Waals surface area contributed by atoms with Crippen molar-refractivity contribution in [3.8, 4) is 0 Å². The van der Waals surface area contributed by atoms with E-state index in [2.05, 4.69) is 39.8 Å². The number of esters is 2. The predicted octanol–water partition coefficient (Wildman–Crippen LogP) is 5.41. The number of aliphatic hydroxyl groups is 2. The van der Waals surface area contributed by atoms with Gasteiger partial charge >= 0.3 is 11.9 Å². The Morgan fingerprint density at radius 3 is 2.74 bits per heavy atom. The first-order valence-corrected chi connectivity index (χ1v) is 17.0. The first-order valence-electron chi connectivity index (χ1n) is 17.0. The highest BCUT2D eigenvalue weighted by atomic mass is 16.7. The first kappa shape index (κ1) is 34.8. The van der Waals surface area contributed by atoms with E-state index in [1.54, 1.807) is 26.0 Å². The van der Waals surface area contributed by atoms with Gasteiger partial charge < -0.3 is 33.9 Å². The number of carbonyl (C=O) groups excluding carboxylic acids is 2. The molecule has 9 heteroatoms. The summed E-state index contributed by atoms with van der Waals surface area (Å²) in [7, 11) is 0. The van der Waals surface area contributed by atoms with Gasteiger partial charge in [-0.15, -0.1) is 0 Å². The Hall–Kier alpha value is -2.56. The molecule has 0 aromatic rings. The number of carbonyl (C=O) groups is 2. The minimum Gasteiger partial charge on any atom is -0.462 e. The Kier molecular flexibility index (Phi) is 10.8. The summed E-state index contributed by atoms with van der Waals surface area (Å²) in [6, 6.07) is 0. The average molecular weight is 641 g/mol. The maximum absolute atomic E-state index is 14.2. The molecule has 0 aromatic carbocycles. The first-order chi connectivity index (χ1) is 21.9. The van der Waals surface area contributed by atoms with Crippen molar-refractivity contribution in [3.05, 3.63) is 58.7 Å². The fourth-order valence-corrected chi connectivity index (χ4v) is 7.65.